The smallest absolute Gasteiger partial charge is 0.195 e. The average Bonchev–Trinajstić information content (AvgIpc) is 2.74. The number of Topliss-reactive ketones (excluding diaryl/α,β-unsaturated/α-hetero) is 2. The van der Waals surface area contributed by atoms with Crippen LogP contribution in [0.2, 0.25) is 0 Å². The summed E-state index contributed by atoms with van der Waals surface area (Å²) in [6.07, 6.45) is -3.35. The molecule has 6 atom stereocenters. The predicted octanol–water partition coefficient (Wildman–Crippen LogP) is -0.250. The number of benzene rings is 1. The van der Waals surface area contributed by atoms with Gasteiger partial charge in [-0.1, -0.05) is 18.2 Å². The summed E-state index contributed by atoms with van der Waals surface area (Å²) in [6.45, 7) is -0.682. The molecule has 1 saturated heterocycles. The van der Waals surface area contributed by atoms with Gasteiger partial charge in [0, 0.05) is 5.57 Å². The molecule has 0 saturated carbocycles. The van der Waals surface area contributed by atoms with Crippen molar-refractivity contribution in [1.29, 1.82) is 0 Å². The first kappa shape index (κ1) is 20.3. The maximum absolute atomic E-state index is 13.1. The maximum atomic E-state index is 13.1. The van der Waals surface area contributed by atoms with Crippen LogP contribution in [-0.4, -0.2) is 74.2 Å². The third-order valence-corrected chi connectivity index (χ3v) is 5.50. The van der Waals surface area contributed by atoms with E-state index in [1.54, 1.807) is 12.1 Å². The summed E-state index contributed by atoms with van der Waals surface area (Å²) in [4.78, 5) is 25.3. The number of hydrogen-bond donors (Lipinski definition) is 5. The first-order chi connectivity index (χ1) is 14.3. The Balaban J connectivity index is 1.68. The van der Waals surface area contributed by atoms with Gasteiger partial charge < -0.3 is 35.0 Å². The Morgan fingerprint density at radius 2 is 1.67 bits per heavy atom. The van der Waals surface area contributed by atoms with Crippen molar-refractivity contribution >= 4 is 17.1 Å². The number of rotatable bonds is 3. The number of carbonyl (C=O) groups is 2. The summed E-state index contributed by atoms with van der Waals surface area (Å²) in [6, 6.07) is 5.98. The van der Waals surface area contributed by atoms with Crippen molar-refractivity contribution < 1.29 is 44.6 Å². The maximum Gasteiger partial charge on any atom is 0.195 e. The van der Waals surface area contributed by atoms with Crippen LogP contribution in [0.5, 0.6) is 5.75 Å². The number of ketones is 2. The van der Waals surface area contributed by atoms with Crippen LogP contribution in [0.4, 0.5) is 0 Å². The fourth-order valence-electron chi connectivity index (χ4n) is 3.88. The van der Waals surface area contributed by atoms with E-state index in [-0.39, 0.29) is 28.4 Å². The molecule has 158 valence electrons. The number of hydrogen-bond acceptors (Lipinski definition) is 9. The van der Waals surface area contributed by atoms with Gasteiger partial charge in [-0.2, -0.15) is 0 Å². The van der Waals surface area contributed by atoms with Gasteiger partial charge in [0.05, 0.1) is 24.4 Å². The van der Waals surface area contributed by atoms with E-state index in [0.29, 0.717) is 5.56 Å². The molecule has 9 nitrogen and oxygen atoms in total. The first-order valence-electron chi connectivity index (χ1n) is 9.30. The van der Waals surface area contributed by atoms with Crippen molar-refractivity contribution in [3.8, 4) is 5.75 Å². The van der Waals surface area contributed by atoms with Gasteiger partial charge in [0.25, 0.3) is 0 Å². The normalized spacial score (nSPS) is 33.8. The quantitative estimate of drug-likeness (QED) is 0.449. The van der Waals surface area contributed by atoms with Crippen molar-refractivity contribution in [2.75, 3.05) is 6.61 Å². The second-order valence-electron chi connectivity index (χ2n) is 7.29. The zero-order valence-corrected chi connectivity index (χ0v) is 15.6. The van der Waals surface area contributed by atoms with Gasteiger partial charge in [-0.25, -0.2) is 0 Å². The minimum absolute atomic E-state index is 0.0249. The molecule has 1 aliphatic carbocycles. The second kappa shape index (κ2) is 7.69. The van der Waals surface area contributed by atoms with Crippen molar-refractivity contribution in [3.63, 3.8) is 0 Å². The van der Waals surface area contributed by atoms with Gasteiger partial charge in [-0.15, -0.1) is 0 Å². The fraction of sp³-hybridized carbons (Fsp3) is 0.333. The Bertz CT molecular complexity index is 959. The molecule has 30 heavy (non-hydrogen) atoms. The highest BCUT2D eigenvalue weighted by atomic mass is 16.5. The monoisotopic (exact) mass is 416 g/mol. The predicted molar refractivity (Wildman–Crippen MR) is 101 cm³/mol. The topological polar surface area (TPSA) is 154 Å². The van der Waals surface area contributed by atoms with Crippen molar-refractivity contribution in [2.24, 2.45) is 5.92 Å². The molecule has 0 bridgehead atoms. The number of carbonyl (C=O) groups excluding carboxylic acids is 2. The van der Waals surface area contributed by atoms with Crippen LogP contribution in [0.25, 0.3) is 5.57 Å². The molecule has 3 aliphatic rings. The van der Waals surface area contributed by atoms with Gasteiger partial charge in [0.2, 0.25) is 0 Å². The number of ether oxygens (including phenoxy) is 2. The summed E-state index contributed by atoms with van der Waals surface area (Å²) >= 11 is 0. The largest absolute Gasteiger partial charge is 0.508 e. The van der Waals surface area contributed by atoms with E-state index in [0.717, 1.165) is 0 Å². The molecule has 2 unspecified atom stereocenters. The van der Waals surface area contributed by atoms with Crippen LogP contribution in [0.3, 0.4) is 0 Å². The zero-order chi connectivity index (χ0) is 21.6. The number of fused-ring (bicyclic) bond motifs is 1. The van der Waals surface area contributed by atoms with E-state index in [4.69, 9.17) is 9.47 Å². The standard InChI is InChI=1S/C21H20O9/c22-7-14-17(26)18(27)19(28)21(30-14)15-13(24)6-5-11-16(25)12(8-29-20(11)15)9-1-3-10(23)4-2-9/h1-6,8,11,14,17,19-24,26,28H,7H2/t11?,14-,17-,19-,20?,21+/m1/s1. The summed E-state index contributed by atoms with van der Waals surface area (Å²) in [5, 5.41) is 49.4. The molecular weight excluding hydrogens is 396 g/mol. The molecule has 0 aromatic heterocycles. The molecule has 2 heterocycles. The second-order valence-corrected chi connectivity index (χ2v) is 7.29. The van der Waals surface area contributed by atoms with E-state index in [1.807, 2.05) is 0 Å². The van der Waals surface area contributed by atoms with E-state index in [1.165, 1.54) is 30.5 Å². The van der Waals surface area contributed by atoms with Crippen molar-refractivity contribution in [3.05, 3.63) is 59.6 Å². The van der Waals surface area contributed by atoms with Crippen LogP contribution < -0.4 is 0 Å². The SMILES string of the molecule is O=C1C(c2ccc(O)cc2)=COC2C([C@@H]3O[C@H](CO)[C@@H](O)C(=O)[C@H]3O)=C(O)C=CC12. The van der Waals surface area contributed by atoms with Gasteiger partial charge in [-0.05, 0) is 23.8 Å². The lowest BCUT2D eigenvalue weighted by Crippen LogP contribution is -2.58. The summed E-state index contributed by atoms with van der Waals surface area (Å²) in [5.74, 6) is -2.44. The molecule has 2 aliphatic heterocycles. The summed E-state index contributed by atoms with van der Waals surface area (Å²) in [7, 11) is 0. The molecule has 9 heteroatoms. The Morgan fingerprint density at radius 3 is 2.33 bits per heavy atom. The number of aliphatic hydroxyl groups excluding tert-OH is 4. The number of aliphatic hydroxyl groups is 4. The molecule has 4 rings (SSSR count). The Labute approximate surface area is 170 Å². The molecule has 0 radical (unpaired) electrons. The van der Waals surface area contributed by atoms with Gasteiger partial charge in [-0.3, -0.25) is 9.59 Å². The third kappa shape index (κ3) is 3.21. The van der Waals surface area contributed by atoms with E-state index in [9.17, 15) is 35.1 Å². The molecule has 1 aromatic rings. The minimum atomic E-state index is -1.81. The van der Waals surface area contributed by atoms with Crippen LogP contribution in [-0.2, 0) is 19.1 Å². The van der Waals surface area contributed by atoms with Crippen molar-refractivity contribution in [1.82, 2.24) is 0 Å². The number of aromatic hydroxyl groups is 1. The van der Waals surface area contributed by atoms with Gasteiger partial charge in [0.15, 0.2) is 11.6 Å². The van der Waals surface area contributed by atoms with E-state index in [2.05, 4.69) is 0 Å². The molecule has 5 N–H and O–H groups in total. The van der Waals surface area contributed by atoms with Crippen LogP contribution in [0.1, 0.15) is 5.56 Å². The number of phenols is 1. The van der Waals surface area contributed by atoms with E-state index < -0.39 is 48.8 Å². The zero-order valence-electron chi connectivity index (χ0n) is 15.6. The molecule has 1 aromatic carbocycles. The Kier molecular flexibility index (Phi) is 5.20. The summed E-state index contributed by atoms with van der Waals surface area (Å²) in [5.41, 5.74) is 0.757. The average molecular weight is 416 g/mol. The van der Waals surface area contributed by atoms with Gasteiger partial charge >= 0.3 is 0 Å². The van der Waals surface area contributed by atoms with E-state index >= 15 is 0 Å². The molecule has 0 spiro atoms. The molecule has 0 amide bonds. The Hall–Kier alpha value is -2.98. The molecular formula is C21H20O9. The van der Waals surface area contributed by atoms with Crippen LogP contribution in [0.15, 0.2) is 54.0 Å². The Morgan fingerprint density at radius 1 is 0.967 bits per heavy atom. The van der Waals surface area contributed by atoms with Gasteiger partial charge in [0.1, 0.15) is 42.0 Å². The fourth-order valence-corrected chi connectivity index (χ4v) is 3.88. The van der Waals surface area contributed by atoms with Crippen LogP contribution >= 0.6 is 0 Å². The lowest BCUT2D eigenvalue weighted by molar-refractivity contribution is -0.183. The summed E-state index contributed by atoms with van der Waals surface area (Å²) < 4.78 is 11.2. The first-order valence-corrected chi connectivity index (χ1v) is 9.30. The minimum Gasteiger partial charge on any atom is -0.508 e. The highest BCUT2D eigenvalue weighted by molar-refractivity contribution is 6.23. The lowest BCUT2D eigenvalue weighted by Gasteiger charge is -2.41. The number of phenolic OH excluding ortho intramolecular Hbond substituents is 1. The third-order valence-electron chi connectivity index (χ3n) is 5.50. The van der Waals surface area contributed by atoms with Crippen LogP contribution in [0, 0.1) is 5.92 Å². The highest BCUT2D eigenvalue weighted by Gasteiger charge is 2.50. The van der Waals surface area contributed by atoms with Crippen molar-refractivity contribution in [2.45, 2.75) is 30.5 Å². The highest BCUT2D eigenvalue weighted by Crippen LogP contribution is 2.39. The molecule has 1 fully saturated rings. The lowest BCUT2D eigenvalue weighted by atomic mass is 9.77. The number of allylic oxidation sites excluding steroid dienone is 2.